The van der Waals surface area contributed by atoms with Crippen LogP contribution in [0.15, 0.2) is 36.7 Å². The highest BCUT2D eigenvalue weighted by molar-refractivity contribution is 7.99. The second-order valence-electron chi connectivity index (χ2n) is 5.66. The maximum atomic E-state index is 12.3. The van der Waals surface area contributed by atoms with Crippen LogP contribution in [-0.2, 0) is 11.4 Å². The van der Waals surface area contributed by atoms with Gasteiger partial charge in [-0.25, -0.2) is 4.98 Å². The van der Waals surface area contributed by atoms with Gasteiger partial charge in [-0.2, -0.15) is 0 Å². The van der Waals surface area contributed by atoms with Gasteiger partial charge in [0.15, 0.2) is 5.16 Å². The maximum absolute atomic E-state index is 12.3. The highest BCUT2D eigenvalue weighted by Gasteiger charge is 2.23. The third-order valence-electron chi connectivity index (χ3n) is 4.07. The SMILES string of the molecule is C=CCN(CC=C)C(=O)CSc1ncc(CO)n1C1CCCC1. The number of thioether (sulfide) groups is 1. The molecule has 1 aliphatic rings. The monoisotopic (exact) mass is 335 g/mol. The van der Waals surface area contributed by atoms with Gasteiger partial charge < -0.3 is 14.6 Å². The van der Waals surface area contributed by atoms with Crippen molar-refractivity contribution in [2.24, 2.45) is 0 Å². The van der Waals surface area contributed by atoms with Crippen molar-refractivity contribution in [3.63, 3.8) is 0 Å². The Labute approximate surface area is 142 Å². The summed E-state index contributed by atoms with van der Waals surface area (Å²) in [5, 5.41) is 10.4. The van der Waals surface area contributed by atoms with E-state index >= 15 is 0 Å². The number of nitrogens with zero attached hydrogens (tertiary/aromatic N) is 3. The van der Waals surface area contributed by atoms with Gasteiger partial charge >= 0.3 is 0 Å². The normalized spacial score (nSPS) is 14.8. The summed E-state index contributed by atoms with van der Waals surface area (Å²) in [6, 6.07) is 0.398. The van der Waals surface area contributed by atoms with E-state index < -0.39 is 0 Å². The molecule has 0 saturated heterocycles. The fourth-order valence-electron chi connectivity index (χ4n) is 2.96. The summed E-state index contributed by atoms with van der Waals surface area (Å²) in [5.41, 5.74) is 0.834. The van der Waals surface area contributed by atoms with Gasteiger partial charge in [0, 0.05) is 19.1 Å². The molecule has 1 heterocycles. The first-order chi connectivity index (χ1) is 11.2. The van der Waals surface area contributed by atoms with Crippen LogP contribution in [0.3, 0.4) is 0 Å². The Bertz CT molecular complexity index is 540. The van der Waals surface area contributed by atoms with Crippen LogP contribution in [0.1, 0.15) is 37.4 Å². The fourth-order valence-corrected chi connectivity index (χ4v) is 3.93. The summed E-state index contributed by atoms with van der Waals surface area (Å²) in [6.07, 6.45) is 9.81. The molecular formula is C17H25N3O2S. The van der Waals surface area contributed by atoms with Crippen LogP contribution in [0.4, 0.5) is 0 Å². The number of hydrogen-bond acceptors (Lipinski definition) is 4. The average Bonchev–Trinajstić information content (AvgIpc) is 3.20. The molecule has 0 unspecified atom stereocenters. The molecule has 6 heteroatoms. The summed E-state index contributed by atoms with van der Waals surface area (Å²) in [5.74, 6) is 0.373. The molecule has 0 aromatic carbocycles. The first-order valence-corrected chi connectivity index (χ1v) is 8.99. The molecule has 0 bridgehead atoms. The van der Waals surface area contributed by atoms with Gasteiger partial charge in [0.2, 0.25) is 5.91 Å². The third kappa shape index (κ3) is 4.48. The predicted octanol–water partition coefficient (Wildman–Crippen LogP) is 2.78. The maximum Gasteiger partial charge on any atom is 0.233 e. The van der Waals surface area contributed by atoms with Crippen molar-refractivity contribution in [3.8, 4) is 0 Å². The van der Waals surface area contributed by atoms with E-state index in [0.717, 1.165) is 23.7 Å². The zero-order chi connectivity index (χ0) is 16.7. The van der Waals surface area contributed by atoms with Crippen molar-refractivity contribution in [2.75, 3.05) is 18.8 Å². The van der Waals surface area contributed by atoms with E-state index in [0.29, 0.717) is 24.9 Å². The Kier molecular flexibility index (Phi) is 6.92. The van der Waals surface area contributed by atoms with Gasteiger partial charge in [-0.3, -0.25) is 4.79 Å². The van der Waals surface area contributed by atoms with Crippen molar-refractivity contribution in [1.82, 2.24) is 14.5 Å². The second kappa shape index (κ2) is 8.93. The van der Waals surface area contributed by atoms with Crippen LogP contribution in [0.5, 0.6) is 0 Å². The lowest BCUT2D eigenvalue weighted by Crippen LogP contribution is -2.32. The van der Waals surface area contributed by atoms with Crippen molar-refractivity contribution >= 4 is 17.7 Å². The van der Waals surface area contributed by atoms with Crippen molar-refractivity contribution < 1.29 is 9.90 Å². The van der Waals surface area contributed by atoms with E-state index in [1.165, 1.54) is 24.6 Å². The predicted molar refractivity (Wildman–Crippen MR) is 93.4 cm³/mol. The third-order valence-corrected chi connectivity index (χ3v) is 5.02. The number of aliphatic hydroxyl groups excluding tert-OH is 1. The topological polar surface area (TPSA) is 58.4 Å². The van der Waals surface area contributed by atoms with E-state index in [1.54, 1.807) is 23.2 Å². The molecule has 0 atom stereocenters. The number of carbonyl (C=O) groups excluding carboxylic acids is 1. The van der Waals surface area contributed by atoms with Gasteiger partial charge in [-0.1, -0.05) is 36.8 Å². The van der Waals surface area contributed by atoms with Gasteiger partial charge in [0.25, 0.3) is 0 Å². The molecule has 1 aliphatic carbocycles. The first kappa shape index (κ1) is 17.8. The van der Waals surface area contributed by atoms with E-state index in [-0.39, 0.29) is 12.5 Å². The molecule has 126 valence electrons. The number of aromatic nitrogens is 2. The first-order valence-electron chi connectivity index (χ1n) is 8.00. The number of amides is 1. The summed E-state index contributed by atoms with van der Waals surface area (Å²) < 4.78 is 2.12. The Hall–Kier alpha value is -1.53. The van der Waals surface area contributed by atoms with E-state index in [9.17, 15) is 9.90 Å². The van der Waals surface area contributed by atoms with Crippen LogP contribution in [-0.4, -0.2) is 44.3 Å². The minimum atomic E-state index is -0.0168. The molecule has 1 aromatic heterocycles. The Morgan fingerprint density at radius 2 is 2.04 bits per heavy atom. The molecule has 0 radical (unpaired) electrons. The van der Waals surface area contributed by atoms with Gasteiger partial charge in [-0.05, 0) is 12.8 Å². The van der Waals surface area contributed by atoms with E-state index in [4.69, 9.17) is 0 Å². The highest BCUT2D eigenvalue weighted by atomic mass is 32.2. The smallest absolute Gasteiger partial charge is 0.233 e. The summed E-state index contributed by atoms with van der Waals surface area (Å²) in [7, 11) is 0. The number of imidazole rings is 1. The molecule has 1 N–H and O–H groups in total. The second-order valence-corrected chi connectivity index (χ2v) is 6.61. The zero-order valence-corrected chi connectivity index (χ0v) is 14.3. The minimum Gasteiger partial charge on any atom is -0.390 e. The number of carbonyl (C=O) groups is 1. The Morgan fingerprint density at radius 3 is 2.61 bits per heavy atom. The molecular weight excluding hydrogens is 310 g/mol. The van der Waals surface area contributed by atoms with Crippen molar-refractivity contribution in [2.45, 2.75) is 43.5 Å². The summed E-state index contributed by atoms with van der Waals surface area (Å²) >= 11 is 1.44. The molecule has 23 heavy (non-hydrogen) atoms. The highest BCUT2D eigenvalue weighted by Crippen LogP contribution is 2.34. The molecule has 1 fully saturated rings. The molecule has 5 nitrogen and oxygen atoms in total. The zero-order valence-electron chi connectivity index (χ0n) is 13.5. The molecule has 2 rings (SSSR count). The quantitative estimate of drug-likeness (QED) is 0.557. The van der Waals surface area contributed by atoms with Gasteiger partial charge in [0.1, 0.15) is 0 Å². The van der Waals surface area contributed by atoms with Gasteiger partial charge in [0.05, 0.1) is 24.3 Å². The van der Waals surface area contributed by atoms with Crippen LogP contribution in [0.2, 0.25) is 0 Å². The summed E-state index contributed by atoms with van der Waals surface area (Å²) in [4.78, 5) is 18.4. The van der Waals surface area contributed by atoms with E-state index in [2.05, 4.69) is 22.7 Å². The summed E-state index contributed by atoms with van der Waals surface area (Å²) in [6.45, 7) is 8.39. The van der Waals surface area contributed by atoms with Crippen molar-refractivity contribution in [3.05, 3.63) is 37.2 Å². The molecule has 1 amide bonds. The molecule has 1 saturated carbocycles. The van der Waals surface area contributed by atoms with Crippen LogP contribution < -0.4 is 0 Å². The lowest BCUT2D eigenvalue weighted by atomic mass is 10.2. The largest absolute Gasteiger partial charge is 0.390 e. The Balaban J connectivity index is 2.04. The molecule has 0 spiro atoms. The number of hydrogen-bond donors (Lipinski definition) is 1. The van der Waals surface area contributed by atoms with Crippen LogP contribution in [0.25, 0.3) is 0 Å². The minimum absolute atomic E-state index is 0.0168. The molecule has 0 aliphatic heterocycles. The van der Waals surface area contributed by atoms with E-state index in [1.807, 2.05) is 0 Å². The lowest BCUT2D eigenvalue weighted by Gasteiger charge is -2.20. The van der Waals surface area contributed by atoms with Crippen LogP contribution in [0, 0.1) is 0 Å². The molecule has 1 aromatic rings. The standard InChI is InChI=1S/C17H25N3O2S/c1-3-9-19(10-4-2)16(22)13-23-17-18-11-15(12-21)20(17)14-7-5-6-8-14/h3-4,11,14,21H,1-2,5-10,12-13H2. The number of aliphatic hydroxyl groups is 1. The number of rotatable bonds is 9. The Morgan fingerprint density at radius 1 is 1.39 bits per heavy atom. The average molecular weight is 335 g/mol. The van der Waals surface area contributed by atoms with Gasteiger partial charge in [-0.15, -0.1) is 13.2 Å². The van der Waals surface area contributed by atoms with Crippen molar-refractivity contribution in [1.29, 1.82) is 0 Å². The van der Waals surface area contributed by atoms with Crippen LogP contribution >= 0.6 is 11.8 Å². The fraction of sp³-hybridized carbons (Fsp3) is 0.529. The lowest BCUT2D eigenvalue weighted by molar-refractivity contribution is -0.127.